The van der Waals surface area contributed by atoms with Crippen LogP contribution in [0.3, 0.4) is 0 Å². The monoisotopic (exact) mass is 295 g/mol. The van der Waals surface area contributed by atoms with Gasteiger partial charge in [-0.3, -0.25) is 9.80 Å². The maximum atomic E-state index is 5.77. The quantitative estimate of drug-likeness (QED) is 0.852. The molecule has 0 spiro atoms. The number of rotatable bonds is 4. The summed E-state index contributed by atoms with van der Waals surface area (Å²) in [5, 5.41) is 3.68. The lowest BCUT2D eigenvalue weighted by atomic mass is 9.92. The molecule has 0 radical (unpaired) electrons. The Hall–Kier alpha value is -0.160. The SMILES string of the molecule is CCNC1CCOCC1CN1CC2CCCCN2CC1C. The van der Waals surface area contributed by atoms with Crippen molar-refractivity contribution in [3.05, 3.63) is 0 Å². The maximum absolute atomic E-state index is 5.77. The second-order valence-corrected chi connectivity index (χ2v) is 7.24. The minimum absolute atomic E-state index is 0.653. The lowest BCUT2D eigenvalue weighted by Gasteiger charge is -2.49. The Kier molecular flexibility index (Phi) is 5.54. The lowest BCUT2D eigenvalue weighted by Crippen LogP contribution is -2.60. The molecule has 3 rings (SSSR count). The normalized spacial score (nSPS) is 39.1. The molecule has 0 bridgehead atoms. The van der Waals surface area contributed by atoms with Crippen LogP contribution >= 0.6 is 0 Å². The molecule has 3 saturated heterocycles. The van der Waals surface area contributed by atoms with E-state index >= 15 is 0 Å². The summed E-state index contributed by atoms with van der Waals surface area (Å²) in [5.74, 6) is 0.663. The first-order chi connectivity index (χ1) is 10.3. The summed E-state index contributed by atoms with van der Waals surface area (Å²) in [6, 6.07) is 2.17. The van der Waals surface area contributed by atoms with Crippen molar-refractivity contribution in [3.8, 4) is 0 Å². The van der Waals surface area contributed by atoms with Crippen molar-refractivity contribution in [1.29, 1.82) is 0 Å². The summed E-state index contributed by atoms with van der Waals surface area (Å²) in [5.41, 5.74) is 0. The van der Waals surface area contributed by atoms with E-state index in [0.29, 0.717) is 18.0 Å². The highest BCUT2D eigenvalue weighted by molar-refractivity contribution is 4.91. The van der Waals surface area contributed by atoms with Gasteiger partial charge in [-0.15, -0.1) is 0 Å². The number of nitrogens with zero attached hydrogens (tertiary/aromatic N) is 2. The van der Waals surface area contributed by atoms with E-state index in [2.05, 4.69) is 29.0 Å². The van der Waals surface area contributed by atoms with E-state index in [0.717, 1.165) is 25.8 Å². The van der Waals surface area contributed by atoms with Gasteiger partial charge in [-0.2, -0.15) is 0 Å². The summed E-state index contributed by atoms with van der Waals surface area (Å²) >= 11 is 0. The molecular formula is C17H33N3O. The number of ether oxygens (including phenoxy) is 1. The molecule has 1 N–H and O–H groups in total. The van der Waals surface area contributed by atoms with Gasteiger partial charge in [0.25, 0.3) is 0 Å². The summed E-state index contributed by atoms with van der Waals surface area (Å²) in [6.45, 7) is 12.7. The number of hydrogen-bond acceptors (Lipinski definition) is 4. The van der Waals surface area contributed by atoms with E-state index < -0.39 is 0 Å². The molecule has 3 heterocycles. The number of nitrogens with one attached hydrogen (secondary N) is 1. The molecular weight excluding hydrogens is 262 g/mol. The summed E-state index contributed by atoms with van der Waals surface area (Å²) in [7, 11) is 0. The first-order valence-corrected chi connectivity index (χ1v) is 9.07. The Morgan fingerprint density at radius 2 is 2.10 bits per heavy atom. The molecule has 4 nitrogen and oxygen atoms in total. The highest BCUT2D eigenvalue weighted by Gasteiger charge is 2.35. The maximum Gasteiger partial charge on any atom is 0.0521 e. The molecule has 0 amide bonds. The number of piperidine rings is 1. The fourth-order valence-corrected chi connectivity index (χ4v) is 4.48. The zero-order valence-corrected chi connectivity index (χ0v) is 13.9. The van der Waals surface area contributed by atoms with E-state index in [1.807, 2.05) is 0 Å². The van der Waals surface area contributed by atoms with Crippen LogP contribution in [0.5, 0.6) is 0 Å². The molecule has 0 aromatic carbocycles. The highest BCUT2D eigenvalue weighted by Crippen LogP contribution is 2.26. The second-order valence-electron chi connectivity index (χ2n) is 7.24. The van der Waals surface area contributed by atoms with Crippen molar-refractivity contribution in [2.24, 2.45) is 5.92 Å². The van der Waals surface area contributed by atoms with Crippen molar-refractivity contribution in [1.82, 2.24) is 15.1 Å². The van der Waals surface area contributed by atoms with Gasteiger partial charge >= 0.3 is 0 Å². The van der Waals surface area contributed by atoms with Crippen LogP contribution in [0.4, 0.5) is 0 Å². The third-order valence-corrected chi connectivity index (χ3v) is 5.73. The first kappa shape index (κ1) is 15.7. The van der Waals surface area contributed by atoms with E-state index in [1.54, 1.807) is 0 Å². The number of piperazine rings is 1. The fraction of sp³-hybridized carbons (Fsp3) is 1.00. The Morgan fingerprint density at radius 1 is 1.19 bits per heavy atom. The van der Waals surface area contributed by atoms with E-state index in [-0.39, 0.29) is 0 Å². The third kappa shape index (κ3) is 3.79. The molecule has 21 heavy (non-hydrogen) atoms. The fourth-order valence-electron chi connectivity index (χ4n) is 4.48. The smallest absolute Gasteiger partial charge is 0.0521 e. The summed E-state index contributed by atoms with van der Waals surface area (Å²) in [4.78, 5) is 5.49. The molecule has 0 aromatic rings. The van der Waals surface area contributed by atoms with Crippen molar-refractivity contribution in [3.63, 3.8) is 0 Å². The van der Waals surface area contributed by atoms with Crippen molar-refractivity contribution in [2.45, 2.75) is 57.7 Å². The molecule has 3 aliphatic rings. The molecule has 0 aromatic heterocycles. The Balaban J connectivity index is 1.57. The van der Waals surface area contributed by atoms with Gasteiger partial charge in [-0.05, 0) is 39.3 Å². The van der Waals surface area contributed by atoms with Crippen molar-refractivity contribution < 1.29 is 4.74 Å². The van der Waals surface area contributed by atoms with Crippen LogP contribution in [-0.4, -0.2) is 73.9 Å². The Bertz CT molecular complexity index is 323. The van der Waals surface area contributed by atoms with E-state index in [4.69, 9.17) is 4.74 Å². The largest absolute Gasteiger partial charge is 0.381 e. The van der Waals surface area contributed by atoms with Gasteiger partial charge in [0.2, 0.25) is 0 Å². The minimum Gasteiger partial charge on any atom is -0.381 e. The molecule has 3 aliphatic heterocycles. The van der Waals surface area contributed by atoms with Gasteiger partial charge in [0, 0.05) is 50.3 Å². The number of fused-ring (bicyclic) bond motifs is 1. The van der Waals surface area contributed by atoms with Crippen LogP contribution < -0.4 is 5.32 Å². The van der Waals surface area contributed by atoms with Gasteiger partial charge in [0.05, 0.1) is 6.61 Å². The molecule has 3 fully saturated rings. The van der Waals surface area contributed by atoms with Crippen LogP contribution in [0.2, 0.25) is 0 Å². The van der Waals surface area contributed by atoms with Crippen molar-refractivity contribution >= 4 is 0 Å². The van der Waals surface area contributed by atoms with E-state index in [9.17, 15) is 0 Å². The van der Waals surface area contributed by atoms with Crippen LogP contribution in [0.25, 0.3) is 0 Å². The van der Waals surface area contributed by atoms with Crippen LogP contribution in [-0.2, 0) is 4.74 Å². The van der Waals surface area contributed by atoms with Gasteiger partial charge in [-0.25, -0.2) is 0 Å². The van der Waals surface area contributed by atoms with Gasteiger partial charge in [-0.1, -0.05) is 13.3 Å². The number of hydrogen-bond donors (Lipinski definition) is 1. The molecule has 4 heteroatoms. The van der Waals surface area contributed by atoms with Gasteiger partial charge in [0.15, 0.2) is 0 Å². The van der Waals surface area contributed by atoms with Crippen molar-refractivity contribution in [2.75, 3.05) is 45.9 Å². The molecule has 0 aliphatic carbocycles. The second kappa shape index (κ2) is 7.40. The predicted molar refractivity (Wildman–Crippen MR) is 86.6 cm³/mol. The van der Waals surface area contributed by atoms with Crippen LogP contribution in [0.1, 0.15) is 39.5 Å². The lowest BCUT2D eigenvalue weighted by molar-refractivity contribution is -0.0248. The molecule has 0 saturated carbocycles. The van der Waals surface area contributed by atoms with E-state index in [1.165, 1.54) is 51.9 Å². The first-order valence-electron chi connectivity index (χ1n) is 9.07. The van der Waals surface area contributed by atoms with Crippen LogP contribution in [0, 0.1) is 5.92 Å². The Labute approximate surface area is 130 Å². The predicted octanol–water partition coefficient (Wildman–Crippen LogP) is 1.56. The van der Waals surface area contributed by atoms with Gasteiger partial charge in [0.1, 0.15) is 0 Å². The summed E-state index contributed by atoms with van der Waals surface area (Å²) < 4.78 is 5.77. The molecule has 4 unspecified atom stereocenters. The zero-order valence-electron chi connectivity index (χ0n) is 13.9. The molecule has 4 atom stereocenters. The standard InChI is InChI=1S/C17H33N3O/c1-3-18-17-7-9-21-13-15(17)11-20-12-16-6-4-5-8-19(16)10-14(20)2/h14-18H,3-13H2,1-2H3. The third-order valence-electron chi connectivity index (χ3n) is 5.73. The minimum atomic E-state index is 0.653. The highest BCUT2D eigenvalue weighted by atomic mass is 16.5. The average Bonchev–Trinajstić information content (AvgIpc) is 2.50. The van der Waals surface area contributed by atoms with Gasteiger partial charge < -0.3 is 10.1 Å². The zero-order chi connectivity index (χ0) is 14.7. The Morgan fingerprint density at radius 3 is 2.95 bits per heavy atom. The topological polar surface area (TPSA) is 27.7 Å². The summed E-state index contributed by atoms with van der Waals surface area (Å²) in [6.07, 6.45) is 5.41. The average molecular weight is 295 g/mol. The van der Waals surface area contributed by atoms with Crippen LogP contribution in [0.15, 0.2) is 0 Å². The molecule has 122 valence electrons.